The van der Waals surface area contributed by atoms with Gasteiger partial charge in [-0.15, -0.1) is 0 Å². The molecule has 0 saturated carbocycles. The van der Waals surface area contributed by atoms with Crippen molar-refractivity contribution in [2.24, 2.45) is 0 Å². The second kappa shape index (κ2) is 15.4. The Morgan fingerprint density at radius 1 is 0.309 bits per heavy atom. The highest BCUT2D eigenvalue weighted by molar-refractivity contribution is 8.00. The lowest BCUT2D eigenvalue weighted by Crippen LogP contribution is -2.69. The van der Waals surface area contributed by atoms with E-state index in [2.05, 4.69) is 273 Å². The molecule has 3 aromatic heterocycles. The standard InChI is InChI=1S/C72H41B2N5OS/c1-3-18-42(19-4-1)75-60-38-44(77-56-28-12-7-22-46(56)47-23-8-13-29-57(47)77)34-36-52(60)73-54-27-17-33-65-68(54)79-69-55(40-51-50-26-11-16-32-64(50)80-71(51)72(69)81-65)74-53-37-35-45(78-58-30-14-9-24-48(58)49-25-10-15-31-59(49)78)39-61(53)76(43-20-5-2-6-21-43)63-41-62(75)66(73)70(79)67(63)74/h1-41H. The van der Waals surface area contributed by atoms with Crippen molar-refractivity contribution in [3.05, 3.63) is 249 Å². The van der Waals surface area contributed by atoms with Crippen LogP contribution in [0.3, 0.4) is 0 Å². The van der Waals surface area contributed by atoms with E-state index in [0.717, 1.165) is 50.4 Å². The maximum Gasteiger partial charge on any atom is 0.252 e. The van der Waals surface area contributed by atoms with E-state index >= 15 is 0 Å². The summed E-state index contributed by atoms with van der Waals surface area (Å²) in [5.41, 5.74) is 27.4. The number of aromatic nitrogens is 2. The van der Waals surface area contributed by atoms with Crippen LogP contribution in [-0.4, -0.2) is 22.6 Å². The number of anilines is 9. The summed E-state index contributed by atoms with van der Waals surface area (Å²) in [6.07, 6.45) is 0. The van der Waals surface area contributed by atoms with Crippen molar-refractivity contribution in [3.63, 3.8) is 0 Å². The number of benzene rings is 12. The fraction of sp³-hybridized carbons (Fsp3) is 0. The van der Waals surface area contributed by atoms with Crippen molar-refractivity contribution in [3.8, 4) is 11.4 Å². The lowest BCUT2D eigenvalue weighted by molar-refractivity contribution is 0.660. The molecule has 5 aliphatic heterocycles. The predicted octanol–water partition coefficient (Wildman–Crippen LogP) is 14.9. The second-order valence-corrected chi connectivity index (χ2v) is 23.3. The fourth-order valence-corrected chi connectivity index (χ4v) is 16.5. The van der Waals surface area contributed by atoms with Crippen LogP contribution in [-0.2, 0) is 0 Å². The Balaban J connectivity index is 0.939. The molecule has 0 radical (unpaired) electrons. The van der Waals surface area contributed by atoms with Gasteiger partial charge in [-0.05, 0) is 124 Å². The van der Waals surface area contributed by atoms with E-state index < -0.39 is 0 Å². The Bertz CT molecular complexity index is 5230. The van der Waals surface area contributed by atoms with Crippen molar-refractivity contribution >= 4 is 175 Å². The van der Waals surface area contributed by atoms with Crippen LogP contribution in [0.1, 0.15) is 0 Å². The SMILES string of the molecule is c1ccc(N2c3cc(-n4c5ccccc5c5ccccc54)ccc3B3c4cccc5c4N4c6c3c2cc2c6B(c3ccc(-n6c7ccccc7c7ccccc76)cc3N2c2ccccc2)c2cc3c(oc6ccccc63)c(c24)S5)cc1. The van der Waals surface area contributed by atoms with Crippen molar-refractivity contribution in [2.45, 2.75) is 9.79 Å². The van der Waals surface area contributed by atoms with Gasteiger partial charge in [-0.3, -0.25) is 0 Å². The zero-order valence-electron chi connectivity index (χ0n) is 43.4. The monoisotopic (exact) mass is 1050 g/mol. The summed E-state index contributed by atoms with van der Waals surface area (Å²) in [5.74, 6) is 0. The highest BCUT2D eigenvalue weighted by Crippen LogP contribution is 2.58. The van der Waals surface area contributed by atoms with Crippen LogP contribution in [0.2, 0.25) is 0 Å². The van der Waals surface area contributed by atoms with Gasteiger partial charge in [0.25, 0.3) is 13.4 Å². The third-order valence-electron chi connectivity index (χ3n) is 18.4. The Morgan fingerprint density at radius 3 is 1.33 bits per heavy atom. The first-order valence-electron chi connectivity index (χ1n) is 28.0. The first kappa shape index (κ1) is 42.9. The van der Waals surface area contributed by atoms with Gasteiger partial charge in [0.2, 0.25) is 0 Å². The number of para-hydroxylation sites is 8. The summed E-state index contributed by atoms with van der Waals surface area (Å²) in [5, 5.41) is 7.28. The molecule has 0 bridgehead atoms. The second-order valence-electron chi connectivity index (χ2n) is 22.3. The number of hydrogen-bond donors (Lipinski definition) is 0. The van der Waals surface area contributed by atoms with E-state index in [1.807, 2.05) is 11.8 Å². The Morgan fingerprint density at radius 2 is 0.790 bits per heavy atom. The number of nitrogens with zero attached hydrogens (tertiary/aromatic N) is 5. The molecule has 6 nitrogen and oxygen atoms in total. The maximum atomic E-state index is 7.07. The van der Waals surface area contributed by atoms with Crippen LogP contribution < -0.4 is 47.5 Å². The smallest absolute Gasteiger partial charge is 0.252 e. The van der Waals surface area contributed by atoms with Gasteiger partial charge in [0.15, 0.2) is 5.58 Å². The van der Waals surface area contributed by atoms with Crippen LogP contribution in [0, 0.1) is 0 Å². The van der Waals surface area contributed by atoms with Crippen molar-refractivity contribution in [1.29, 1.82) is 0 Å². The van der Waals surface area contributed by atoms with Crippen LogP contribution in [0.5, 0.6) is 0 Å². The molecule has 0 spiro atoms. The normalized spacial score (nSPS) is 14.0. The first-order valence-corrected chi connectivity index (χ1v) is 28.8. The van der Waals surface area contributed by atoms with E-state index in [1.165, 1.54) is 120 Å². The third-order valence-corrected chi connectivity index (χ3v) is 19.5. The zero-order valence-corrected chi connectivity index (χ0v) is 44.2. The molecule has 0 unspecified atom stereocenters. The van der Waals surface area contributed by atoms with Crippen LogP contribution in [0.4, 0.5) is 51.2 Å². The van der Waals surface area contributed by atoms with E-state index in [9.17, 15) is 0 Å². The number of furan rings is 1. The molecule has 0 atom stereocenters. The molecule has 9 heteroatoms. The average molecular weight is 1050 g/mol. The minimum absolute atomic E-state index is 0.0720. The Kier molecular flexibility index (Phi) is 8.15. The summed E-state index contributed by atoms with van der Waals surface area (Å²) in [6, 6.07) is 93.0. The van der Waals surface area contributed by atoms with Gasteiger partial charge in [-0.25, -0.2) is 0 Å². The lowest BCUT2D eigenvalue weighted by atomic mass is 9.28. The molecule has 12 aromatic carbocycles. The molecule has 0 amide bonds. The van der Waals surface area contributed by atoms with Gasteiger partial charge in [0.05, 0.1) is 38.3 Å². The molecule has 8 heterocycles. The average Bonchev–Trinajstić information content (AvgIpc) is 2.39. The largest absolute Gasteiger partial charge is 0.455 e. The molecule has 5 aliphatic rings. The topological polar surface area (TPSA) is 32.7 Å². The molecule has 0 N–H and O–H groups in total. The van der Waals surface area contributed by atoms with Gasteiger partial charge in [0, 0.05) is 88.4 Å². The Labute approximate surface area is 470 Å². The summed E-state index contributed by atoms with van der Waals surface area (Å²) in [7, 11) is 0. The van der Waals surface area contributed by atoms with E-state index in [-0.39, 0.29) is 13.4 Å². The Hall–Kier alpha value is -10.1. The summed E-state index contributed by atoms with van der Waals surface area (Å²) in [4.78, 5) is 10.3. The first-order chi connectivity index (χ1) is 40.2. The van der Waals surface area contributed by atoms with E-state index in [1.54, 1.807) is 0 Å². The molecule has 372 valence electrons. The molecule has 81 heavy (non-hydrogen) atoms. The summed E-state index contributed by atoms with van der Waals surface area (Å²) >= 11 is 1.88. The highest BCUT2D eigenvalue weighted by Gasteiger charge is 2.54. The van der Waals surface area contributed by atoms with Gasteiger partial charge in [-0.2, -0.15) is 0 Å². The molecule has 20 rings (SSSR count). The van der Waals surface area contributed by atoms with Crippen molar-refractivity contribution in [2.75, 3.05) is 14.7 Å². The quantitative estimate of drug-likeness (QED) is 0.164. The van der Waals surface area contributed by atoms with Crippen molar-refractivity contribution < 1.29 is 4.42 Å². The van der Waals surface area contributed by atoms with E-state index in [0.29, 0.717) is 0 Å². The third kappa shape index (κ3) is 5.38. The number of rotatable bonds is 4. The minimum Gasteiger partial charge on any atom is -0.455 e. The number of hydrogen-bond acceptors (Lipinski definition) is 5. The molecular formula is C72H41B2N5OS. The van der Waals surface area contributed by atoms with Crippen molar-refractivity contribution in [1.82, 2.24) is 9.13 Å². The molecule has 15 aromatic rings. The van der Waals surface area contributed by atoms with Gasteiger partial charge in [0.1, 0.15) is 5.58 Å². The zero-order chi connectivity index (χ0) is 52.3. The molecule has 0 saturated heterocycles. The summed E-state index contributed by atoms with van der Waals surface area (Å²) < 4.78 is 12.0. The molecule has 0 fully saturated rings. The van der Waals surface area contributed by atoms with Crippen LogP contribution in [0.15, 0.2) is 263 Å². The lowest BCUT2D eigenvalue weighted by Gasteiger charge is -2.52. The minimum atomic E-state index is -0.122. The van der Waals surface area contributed by atoms with Crippen LogP contribution in [0.25, 0.3) is 76.9 Å². The highest BCUT2D eigenvalue weighted by atomic mass is 32.2. The van der Waals surface area contributed by atoms with E-state index in [4.69, 9.17) is 4.42 Å². The van der Waals surface area contributed by atoms with Gasteiger partial charge in [-0.1, -0.05) is 169 Å². The summed E-state index contributed by atoms with van der Waals surface area (Å²) in [6.45, 7) is -0.194. The maximum absolute atomic E-state index is 7.07. The van der Waals surface area contributed by atoms with Gasteiger partial charge >= 0.3 is 0 Å². The molecular weight excluding hydrogens is 1000 g/mol. The fourth-order valence-electron chi connectivity index (χ4n) is 15.3. The molecule has 0 aliphatic carbocycles. The van der Waals surface area contributed by atoms with Crippen LogP contribution >= 0.6 is 11.8 Å². The van der Waals surface area contributed by atoms with Gasteiger partial charge < -0.3 is 28.3 Å². The number of fused-ring (bicyclic) bond motifs is 16. The predicted molar refractivity (Wildman–Crippen MR) is 340 cm³/mol.